The van der Waals surface area contributed by atoms with E-state index in [1.807, 2.05) is 11.8 Å². The molecule has 5 aliphatic carbocycles. The monoisotopic (exact) mass is 887 g/mol. The lowest BCUT2D eigenvalue weighted by Crippen LogP contribution is -2.32. The van der Waals surface area contributed by atoms with Crippen LogP contribution in [0.4, 0.5) is 0 Å². The van der Waals surface area contributed by atoms with Gasteiger partial charge in [-0.3, -0.25) is 0 Å². The first-order valence-corrected chi connectivity index (χ1v) is 25.2. The molecule has 322 valence electrons. The third-order valence-corrected chi connectivity index (χ3v) is 17.1. The summed E-state index contributed by atoms with van der Waals surface area (Å²) in [6.07, 6.45) is 24.0. The van der Waals surface area contributed by atoms with Crippen molar-refractivity contribution in [3.63, 3.8) is 0 Å². The van der Waals surface area contributed by atoms with Gasteiger partial charge in [0.15, 0.2) is 5.82 Å². The highest BCUT2D eigenvalue weighted by Crippen LogP contribution is 2.52. The SMILES string of the molecule is C1=CC2Sc3ccc4ccccc4c3C2C=C1c1ccc2c(c1)c1ccccc1n2C1C=CC(c2nc(C3=CC=C(C4=c5cccc6c5=C(CC4)c4ccccc4-6)CC3)c3ccccc3n2)=CC1. The summed E-state index contributed by atoms with van der Waals surface area (Å²) >= 11 is 2.01. The van der Waals surface area contributed by atoms with Gasteiger partial charge in [-0.25, -0.2) is 9.97 Å². The van der Waals surface area contributed by atoms with Gasteiger partial charge >= 0.3 is 0 Å². The Morgan fingerprint density at radius 1 is 0.559 bits per heavy atom. The second-order valence-corrected chi connectivity index (χ2v) is 20.5. The van der Waals surface area contributed by atoms with E-state index >= 15 is 0 Å². The molecule has 9 aromatic rings. The summed E-state index contributed by atoms with van der Waals surface area (Å²) in [4.78, 5) is 12.0. The minimum Gasteiger partial charge on any atom is -0.333 e. The molecule has 0 fully saturated rings. The van der Waals surface area contributed by atoms with Crippen molar-refractivity contribution in [1.82, 2.24) is 14.5 Å². The van der Waals surface area contributed by atoms with Gasteiger partial charge in [0.1, 0.15) is 0 Å². The Labute approximate surface area is 399 Å². The molecular formula is C64H45N3S. The molecule has 2 aromatic heterocycles. The quantitative estimate of drug-likeness (QED) is 0.172. The molecule has 0 saturated carbocycles. The lowest BCUT2D eigenvalue weighted by Gasteiger charge is -2.22. The minimum atomic E-state index is 0.164. The van der Waals surface area contributed by atoms with Crippen LogP contribution >= 0.6 is 11.8 Å². The zero-order valence-corrected chi connectivity index (χ0v) is 38.3. The number of para-hydroxylation sites is 2. The molecule has 7 aromatic carbocycles. The van der Waals surface area contributed by atoms with E-state index < -0.39 is 0 Å². The number of allylic oxidation sites excluding steroid dienone is 11. The zero-order chi connectivity index (χ0) is 44.5. The highest BCUT2D eigenvalue weighted by molar-refractivity contribution is 8.00. The summed E-state index contributed by atoms with van der Waals surface area (Å²) < 4.78 is 2.55. The first-order chi connectivity index (χ1) is 33.7. The van der Waals surface area contributed by atoms with Gasteiger partial charge in [0.05, 0.1) is 17.3 Å². The maximum atomic E-state index is 5.41. The topological polar surface area (TPSA) is 30.7 Å². The number of thioether (sulfide) groups is 1. The molecule has 3 atom stereocenters. The maximum absolute atomic E-state index is 5.41. The van der Waals surface area contributed by atoms with Crippen LogP contribution in [0.1, 0.15) is 72.3 Å². The molecule has 3 heterocycles. The van der Waals surface area contributed by atoms with Crippen LogP contribution in [-0.2, 0) is 0 Å². The van der Waals surface area contributed by atoms with Crippen molar-refractivity contribution >= 4 is 83.1 Å². The van der Waals surface area contributed by atoms with E-state index in [0.29, 0.717) is 11.2 Å². The smallest absolute Gasteiger partial charge is 0.160 e. The van der Waals surface area contributed by atoms with Gasteiger partial charge in [-0.05, 0) is 139 Å². The average molecular weight is 888 g/mol. The first kappa shape index (κ1) is 38.6. The largest absolute Gasteiger partial charge is 0.333 e. The van der Waals surface area contributed by atoms with Crippen LogP contribution < -0.4 is 10.4 Å². The van der Waals surface area contributed by atoms with Crippen molar-refractivity contribution in [3.8, 4) is 11.1 Å². The maximum Gasteiger partial charge on any atom is 0.160 e. The fraction of sp³-hybridized carbons (Fsp3) is 0.125. The van der Waals surface area contributed by atoms with Gasteiger partial charge in [0.25, 0.3) is 0 Å². The number of hydrogen-bond donors (Lipinski definition) is 0. The van der Waals surface area contributed by atoms with Crippen LogP contribution in [0.5, 0.6) is 0 Å². The van der Waals surface area contributed by atoms with Gasteiger partial charge in [-0.2, -0.15) is 0 Å². The number of rotatable bonds is 5. The van der Waals surface area contributed by atoms with Crippen molar-refractivity contribution in [2.45, 2.75) is 54.2 Å². The van der Waals surface area contributed by atoms with Crippen LogP contribution in [-0.4, -0.2) is 19.8 Å². The molecule has 0 bridgehead atoms. The first-order valence-electron chi connectivity index (χ1n) is 24.3. The lowest BCUT2D eigenvalue weighted by atomic mass is 9.84. The third kappa shape index (κ3) is 5.80. The summed E-state index contributed by atoms with van der Waals surface area (Å²) in [5.74, 6) is 1.16. The highest BCUT2D eigenvalue weighted by Gasteiger charge is 2.34. The number of aromatic nitrogens is 3. The molecule has 0 spiro atoms. The molecule has 1 aliphatic heterocycles. The van der Waals surface area contributed by atoms with Crippen molar-refractivity contribution in [1.29, 1.82) is 0 Å². The van der Waals surface area contributed by atoms with Gasteiger partial charge < -0.3 is 4.57 Å². The highest BCUT2D eigenvalue weighted by atomic mass is 32.2. The predicted molar refractivity (Wildman–Crippen MR) is 285 cm³/mol. The molecular weight excluding hydrogens is 843 g/mol. The summed E-state index contributed by atoms with van der Waals surface area (Å²) in [5, 5.41) is 9.73. The molecule has 6 aliphatic rings. The zero-order valence-electron chi connectivity index (χ0n) is 37.5. The molecule has 68 heavy (non-hydrogen) atoms. The summed E-state index contributed by atoms with van der Waals surface area (Å²) in [5.41, 5.74) is 19.7. The van der Waals surface area contributed by atoms with Crippen molar-refractivity contribution in [2.75, 3.05) is 0 Å². The fourth-order valence-corrected chi connectivity index (χ4v) is 13.9. The molecule has 0 saturated heterocycles. The van der Waals surface area contributed by atoms with E-state index in [1.165, 1.54) is 104 Å². The van der Waals surface area contributed by atoms with Gasteiger partial charge in [0.2, 0.25) is 0 Å². The van der Waals surface area contributed by atoms with Crippen LogP contribution in [0.15, 0.2) is 205 Å². The Kier molecular flexibility index (Phi) is 8.50. The van der Waals surface area contributed by atoms with E-state index in [1.54, 1.807) is 0 Å². The fourth-order valence-electron chi connectivity index (χ4n) is 12.6. The third-order valence-electron chi connectivity index (χ3n) is 15.7. The molecule has 3 nitrogen and oxygen atoms in total. The summed E-state index contributed by atoms with van der Waals surface area (Å²) in [7, 11) is 0. The Bertz CT molecular complexity index is 4060. The molecule has 0 N–H and O–H groups in total. The van der Waals surface area contributed by atoms with Crippen LogP contribution in [0.25, 0.3) is 82.5 Å². The van der Waals surface area contributed by atoms with Crippen molar-refractivity contribution < 1.29 is 0 Å². The van der Waals surface area contributed by atoms with Crippen molar-refractivity contribution in [3.05, 3.63) is 238 Å². The number of benzene rings is 7. The normalized spacial score (nSPS) is 20.0. The van der Waals surface area contributed by atoms with E-state index in [-0.39, 0.29) is 6.04 Å². The van der Waals surface area contributed by atoms with Crippen LogP contribution in [0.2, 0.25) is 0 Å². The van der Waals surface area contributed by atoms with Gasteiger partial charge in [-0.1, -0.05) is 164 Å². The number of fused-ring (bicyclic) bond motifs is 12. The van der Waals surface area contributed by atoms with E-state index in [0.717, 1.165) is 60.1 Å². The molecule has 3 unspecified atom stereocenters. The second kappa shape index (κ2) is 15.0. The number of hydrogen-bond acceptors (Lipinski definition) is 3. The van der Waals surface area contributed by atoms with Crippen LogP contribution in [0.3, 0.4) is 0 Å². The van der Waals surface area contributed by atoms with Crippen molar-refractivity contribution in [2.24, 2.45) is 0 Å². The predicted octanol–water partition coefficient (Wildman–Crippen LogP) is 14.6. The average Bonchev–Trinajstić information content (AvgIpc) is 4.07. The van der Waals surface area contributed by atoms with Crippen LogP contribution in [0, 0.1) is 0 Å². The van der Waals surface area contributed by atoms with Gasteiger partial charge in [0, 0.05) is 48.8 Å². The van der Waals surface area contributed by atoms with E-state index in [4.69, 9.17) is 9.97 Å². The van der Waals surface area contributed by atoms with Gasteiger partial charge in [-0.15, -0.1) is 11.8 Å². The lowest BCUT2D eigenvalue weighted by molar-refractivity contribution is 0.649. The minimum absolute atomic E-state index is 0.164. The summed E-state index contributed by atoms with van der Waals surface area (Å²) in [6, 6.07) is 54.1. The second-order valence-electron chi connectivity index (χ2n) is 19.3. The Balaban J connectivity index is 0.751. The molecule has 4 heteroatoms. The molecule has 0 radical (unpaired) electrons. The molecule has 15 rings (SSSR count). The number of nitrogens with zero attached hydrogens (tertiary/aromatic N) is 3. The Morgan fingerprint density at radius 2 is 1.32 bits per heavy atom. The summed E-state index contributed by atoms with van der Waals surface area (Å²) in [6.45, 7) is 0. The Hall–Kier alpha value is -7.53. The van der Waals surface area contributed by atoms with E-state index in [2.05, 4.69) is 199 Å². The standard InChI is InChI=1S/C64H45N3S/c1-2-11-46-38(10-1)27-35-60-62(46)55-37-43(28-34-59(55)68-60)42-26-33-58-54(36-42)49-14-6-8-19-57(49)67(58)44-29-24-41(25-30-44)64-65-56-18-7-5-15-53(56)63(66-64)40-22-20-39(21-23-40)45-31-32-52-48-13-4-3-12-47(48)51-17-9-16-50(45)61(51)52/h1-20,22,24-29,33-37,44,55,59H,21,23,30-32H2. The van der Waals surface area contributed by atoms with E-state index in [9.17, 15) is 0 Å². The Morgan fingerprint density at radius 3 is 2.22 bits per heavy atom. The molecule has 0 amide bonds.